The van der Waals surface area contributed by atoms with Crippen molar-refractivity contribution >= 4 is 22.4 Å². The number of rotatable bonds is 4. The molecule has 1 N–H and O–H groups in total. The lowest BCUT2D eigenvalue weighted by molar-refractivity contribution is -0.122. The number of amides is 1. The summed E-state index contributed by atoms with van der Waals surface area (Å²) in [6.45, 7) is 3.76. The van der Waals surface area contributed by atoms with E-state index in [4.69, 9.17) is 4.74 Å². The minimum atomic E-state index is -0.572. The van der Waals surface area contributed by atoms with Gasteiger partial charge in [-0.3, -0.25) is 4.79 Å². The lowest BCUT2D eigenvalue weighted by Crippen LogP contribution is -2.30. The average molecular weight is 305 g/mol. The molecule has 0 aromatic heterocycles. The van der Waals surface area contributed by atoms with Crippen molar-refractivity contribution in [2.45, 2.75) is 20.0 Å². The van der Waals surface area contributed by atoms with Crippen molar-refractivity contribution in [2.75, 3.05) is 5.32 Å². The molecule has 3 aromatic carbocycles. The van der Waals surface area contributed by atoms with Gasteiger partial charge in [0.1, 0.15) is 5.75 Å². The number of hydrogen-bond donors (Lipinski definition) is 1. The third-order valence-corrected chi connectivity index (χ3v) is 3.72. The van der Waals surface area contributed by atoms with Crippen LogP contribution in [0.15, 0.2) is 66.7 Å². The SMILES string of the molecule is Cc1ccc(NC(=O)[C@H](C)Oc2ccc3ccccc3c2)cc1. The van der Waals surface area contributed by atoms with E-state index in [-0.39, 0.29) is 5.91 Å². The maximum Gasteiger partial charge on any atom is 0.265 e. The molecule has 0 heterocycles. The Labute approximate surface area is 135 Å². The number of carbonyl (C=O) groups is 1. The van der Waals surface area contributed by atoms with Gasteiger partial charge in [-0.15, -0.1) is 0 Å². The van der Waals surface area contributed by atoms with E-state index in [0.29, 0.717) is 5.75 Å². The number of nitrogens with one attached hydrogen (secondary N) is 1. The van der Waals surface area contributed by atoms with Gasteiger partial charge in [0.2, 0.25) is 0 Å². The van der Waals surface area contributed by atoms with E-state index in [2.05, 4.69) is 5.32 Å². The van der Waals surface area contributed by atoms with Crippen molar-refractivity contribution in [3.63, 3.8) is 0 Å². The standard InChI is InChI=1S/C20H19NO2/c1-14-7-10-18(11-8-14)21-20(22)15(2)23-19-12-9-16-5-3-4-6-17(16)13-19/h3-13,15H,1-2H3,(H,21,22)/t15-/m0/s1. The van der Waals surface area contributed by atoms with Crippen molar-refractivity contribution in [3.8, 4) is 5.75 Å². The molecule has 3 heteroatoms. The van der Waals surface area contributed by atoms with Crippen LogP contribution in [0.25, 0.3) is 10.8 Å². The number of fused-ring (bicyclic) bond motifs is 1. The third kappa shape index (κ3) is 3.69. The molecule has 116 valence electrons. The summed E-state index contributed by atoms with van der Waals surface area (Å²) in [5.74, 6) is 0.525. The Kier molecular flexibility index (Phi) is 4.29. The van der Waals surface area contributed by atoms with Crippen molar-refractivity contribution in [3.05, 3.63) is 72.3 Å². The minimum Gasteiger partial charge on any atom is -0.481 e. The first-order valence-electron chi connectivity index (χ1n) is 7.65. The monoisotopic (exact) mass is 305 g/mol. The van der Waals surface area contributed by atoms with Gasteiger partial charge in [-0.05, 0) is 48.9 Å². The fourth-order valence-electron chi connectivity index (χ4n) is 2.38. The van der Waals surface area contributed by atoms with E-state index < -0.39 is 6.10 Å². The third-order valence-electron chi connectivity index (χ3n) is 3.72. The summed E-state index contributed by atoms with van der Waals surface area (Å²) in [5, 5.41) is 5.11. The van der Waals surface area contributed by atoms with E-state index in [9.17, 15) is 4.79 Å². The molecule has 23 heavy (non-hydrogen) atoms. The second-order valence-electron chi connectivity index (χ2n) is 5.62. The highest BCUT2D eigenvalue weighted by atomic mass is 16.5. The first-order chi connectivity index (χ1) is 11.1. The summed E-state index contributed by atoms with van der Waals surface area (Å²) < 4.78 is 5.77. The summed E-state index contributed by atoms with van der Waals surface area (Å²) in [4.78, 5) is 12.2. The number of ether oxygens (including phenoxy) is 1. The molecule has 0 saturated carbocycles. The lowest BCUT2D eigenvalue weighted by Gasteiger charge is -2.15. The Morgan fingerprint density at radius 2 is 1.65 bits per heavy atom. The molecule has 0 bridgehead atoms. The molecule has 1 amide bonds. The van der Waals surface area contributed by atoms with Crippen LogP contribution >= 0.6 is 0 Å². The van der Waals surface area contributed by atoms with E-state index in [1.54, 1.807) is 6.92 Å². The van der Waals surface area contributed by atoms with Crippen molar-refractivity contribution in [1.29, 1.82) is 0 Å². The van der Waals surface area contributed by atoms with Crippen LogP contribution in [0.1, 0.15) is 12.5 Å². The first kappa shape index (κ1) is 15.1. The number of anilines is 1. The number of aryl methyl sites for hydroxylation is 1. The highest BCUT2D eigenvalue weighted by Crippen LogP contribution is 2.21. The van der Waals surface area contributed by atoms with Crippen molar-refractivity contribution in [2.24, 2.45) is 0 Å². The second-order valence-corrected chi connectivity index (χ2v) is 5.62. The minimum absolute atomic E-state index is 0.165. The second kappa shape index (κ2) is 6.53. The Morgan fingerprint density at radius 1 is 0.957 bits per heavy atom. The largest absolute Gasteiger partial charge is 0.481 e. The molecule has 3 nitrogen and oxygen atoms in total. The summed E-state index contributed by atoms with van der Waals surface area (Å²) in [7, 11) is 0. The quantitative estimate of drug-likeness (QED) is 0.767. The molecular weight excluding hydrogens is 286 g/mol. The van der Waals surface area contributed by atoms with E-state index in [1.165, 1.54) is 0 Å². The molecular formula is C20H19NO2. The molecule has 0 aliphatic heterocycles. The molecule has 0 aliphatic carbocycles. The van der Waals surface area contributed by atoms with Crippen LogP contribution < -0.4 is 10.1 Å². The molecule has 0 saturated heterocycles. The van der Waals surface area contributed by atoms with Crippen LogP contribution in [0.4, 0.5) is 5.69 Å². The van der Waals surface area contributed by atoms with Gasteiger partial charge in [-0.2, -0.15) is 0 Å². The molecule has 0 radical (unpaired) electrons. The molecule has 0 unspecified atom stereocenters. The van der Waals surface area contributed by atoms with E-state index in [1.807, 2.05) is 73.7 Å². The van der Waals surface area contributed by atoms with Gasteiger partial charge in [0, 0.05) is 5.69 Å². The Bertz CT molecular complexity index is 824. The van der Waals surface area contributed by atoms with Crippen LogP contribution in [0.2, 0.25) is 0 Å². The zero-order valence-corrected chi connectivity index (χ0v) is 13.2. The summed E-state index contributed by atoms with van der Waals surface area (Å²) in [6, 6.07) is 21.6. The molecule has 0 fully saturated rings. The molecule has 0 aliphatic rings. The van der Waals surface area contributed by atoms with Gasteiger partial charge >= 0.3 is 0 Å². The maximum absolute atomic E-state index is 12.2. The zero-order chi connectivity index (χ0) is 16.2. The van der Waals surface area contributed by atoms with Crippen LogP contribution in [0.3, 0.4) is 0 Å². The van der Waals surface area contributed by atoms with Crippen LogP contribution in [-0.2, 0) is 4.79 Å². The molecule has 3 aromatic rings. The molecule has 3 rings (SSSR count). The van der Waals surface area contributed by atoms with Gasteiger partial charge in [-0.1, -0.05) is 48.0 Å². The normalized spacial score (nSPS) is 11.9. The van der Waals surface area contributed by atoms with Gasteiger partial charge in [0.25, 0.3) is 5.91 Å². The molecule has 1 atom stereocenters. The van der Waals surface area contributed by atoms with Crippen LogP contribution in [0.5, 0.6) is 5.75 Å². The van der Waals surface area contributed by atoms with Crippen molar-refractivity contribution in [1.82, 2.24) is 0 Å². The molecule has 0 spiro atoms. The predicted octanol–water partition coefficient (Wildman–Crippen LogP) is 4.55. The summed E-state index contributed by atoms with van der Waals surface area (Å²) in [5.41, 5.74) is 1.93. The van der Waals surface area contributed by atoms with E-state index in [0.717, 1.165) is 22.0 Å². The fraction of sp³-hybridized carbons (Fsp3) is 0.150. The summed E-state index contributed by atoms with van der Waals surface area (Å²) >= 11 is 0. The Morgan fingerprint density at radius 3 is 2.39 bits per heavy atom. The maximum atomic E-state index is 12.2. The number of hydrogen-bond acceptors (Lipinski definition) is 2. The van der Waals surface area contributed by atoms with Gasteiger partial charge in [-0.25, -0.2) is 0 Å². The van der Waals surface area contributed by atoms with Crippen LogP contribution in [0, 0.1) is 6.92 Å². The van der Waals surface area contributed by atoms with Gasteiger partial charge in [0.15, 0.2) is 6.10 Å². The zero-order valence-electron chi connectivity index (χ0n) is 13.2. The highest BCUT2D eigenvalue weighted by Gasteiger charge is 2.15. The van der Waals surface area contributed by atoms with Crippen LogP contribution in [-0.4, -0.2) is 12.0 Å². The van der Waals surface area contributed by atoms with Gasteiger partial charge in [0.05, 0.1) is 0 Å². The topological polar surface area (TPSA) is 38.3 Å². The Hall–Kier alpha value is -2.81. The smallest absolute Gasteiger partial charge is 0.265 e. The number of carbonyl (C=O) groups excluding carboxylic acids is 1. The highest BCUT2D eigenvalue weighted by molar-refractivity contribution is 5.94. The van der Waals surface area contributed by atoms with E-state index >= 15 is 0 Å². The summed E-state index contributed by atoms with van der Waals surface area (Å²) in [6.07, 6.45) is -0.572. The Balaban J connectivity index is 1.68. The average Bonchev–Trinajstić information content (AvgIpc) is 2.56. The van der Waals surface area contributed by atoms with Crippen molar-refractivity contribution < 1.29 is 9.53 Å². The lowest BCUT2D eigenvalue weighted by atomic mass is 10.1. The van der Waals surface area contributed by atoms with Gasteiger partial charge < -0.3 is 10.1 Å². The number of benzene rings is 3. The fourth-order valence-corrected chi connectivity index (χ4v) is 2.38. The predicted molar refractivity (Wildman–Crippen MR) is 93.8 cm³/mol. The first-order valence-corrected chi connectivity index (χ1v) is 7.65.